The first-order valence-electron chi connectivity index (χ1n) is 8.09. The third kappa shape index (κ3) is 6.19. The van der Waals surface area contributed by atoms with Crippen molar-refractivity contribution >= 4 is 17.5 Å². The van der Waals surface area contributed by atoms with Crippen LogP contribution in [-0.2, 0) is 4.79 Å². The van der Waals surface area contributed by atoms with E-state index in [4.69, 9.17) is 25.8 Å². The molecule has 0 fully saturated rings. The maximum atomic E-state index is 12.2. The Morgan fingerprint density at radius 2 is 1.84 bits per heavy atom. The van der Waals surface area contributed by atoms with Gasteiger partial charge in [0.15, 0.2) is 6.10 Å². The number of ether oxygens (including phenoxy) is 3. The van der Waals surface area contributed by atoms with Gasteiger partial charge in [0.25, 0.3) is 5.91 Å². The molecular formula is C19H22ClNO4. The van der Waals surface area contributed by atoms with Gasteiger partial charge in [0, 0.05) is 11.1 Å². The van der Waals surface area contributed by atoms with Gasteiger partial charge in [0.05, 0.1) is 13.7 Å². The summed E-state index contributed by atoms with van der Waals surface area (Å²) in [5.74, 6) is 1.81. The SMILES string of the molecule is CC[C@@H](Oc1cccc(OC)c1)C(=O)NCCOc1ccc(Cl)cc1. The summed E-state index contributed by atoms with van der Waals surface area (Å²) in [4.78, 5) is 12.2. The van der Waals surface area contributed by atoms with E-state index in [0.29, 0.717) is 41.8 Å². The Hall–Kier alpha value is -2.40. The lowest BCUT2D eigenvalue weighted by Crippen LogP contribution is -2.39. The third-order valence-electron chi connectivity index (χ3n) is 3.47. The number of hydrogen-bond acceptors (Lipinski definition) is 4. The molecular weight excluding hydrogens is 342 g/mol. The summed E-state index contributed by atoms with van der Waals surface area (Å²) in [6.45, 7) is 2.65. The van der Waals surface area contributed by atoms with Gasteiger partial charge in [-0.3, -0.25) is 4.79 Å². The Labute approximate surface area is 152 Å². The number of hydrogen-bond donors (Lipinski definition) is 1. The van der Waals surface area contributed by atoms with Gasteiger partial charge in [-0.2, -0.15) is 0 Å². The summed E-state index contributed by atoms with van der Waals surface area (Å²) in [7, 11) is 1.59. The Bertz CT molecular complexity index is 675. The van der Waals surface area contributed by atoms with E-state index in [9.17, 15) is 4.79 Å². The van der Waals surface area contributed by atoms with Crippen molar-refractivity contribution in [3.63, 3.8) is 0 Å². The van der Waals surface area contributed by atoms with Crippen LogP contribution in [0.5, 0.6) is 17.2 Å². The molecule has 5 nitrogen and oxygen atoms in total. The molecule has 0 aromatic heterocycles. The first-order chi connectivity index (χ1) is 12.1. The predicted octanol–water partition coefficient (Wildman–Crippen LogP) is 3.70. The molecule has 0 unspecified atom stereocenters. The minimum Gasteiger partial charge on any atom is -0.497 e. The van der Waals surface area contributed by atoms with Crippen molar-refractivity contribution in [1.29, 1.82) is 0 Å². The minimum atomic E-state index is -0.567. The van der Waals surface area contributed by atoms with Gasteiger partial charge in [0.1, 0.15) is 23.9 Å². The molecule has 6 heteroatoms. The average molecular weight is 364 g/mol. The standard InChI is InChI=1S/C19H22ClNO4/c1-3-18(25-17-6-4-5-16(13-17)23-2)19(22)21-11-12-24-15-9-7-14(20)8-10-15/h4-10,13,18H,3,11-12H2,1-2H3,(H,21,22)/t18-/m1/s1. The number of benzene rings is 2. The Morgan fingerprint density at radius 1 is 1.12 bits per heavy atom. The van der Waals surface area contributed by atoms with Crippen LogP contribution in [0.3, 0.4) is 0 Å². The predicted molar refractivity (Wildman–Crippen MR) is 97.7 cm³/mol. The molecule has 2 aromatic rings. The van der Waals surface area contributed by atoms with E-state index in [2.05, 4.69) is 5.32 Å². The zero-order valence-corrected chi connectivity index (χ0v) is 15.1. The monoisotopic (exact) mass is 363 g/mol. The molecule has 0 saturated carbocycles. The molecule has 1 amide bonds. The van der Waals surface area contributed by atoms with Crippen LogP contribution in [-0.4, -0.2) is 32.3 Å². The lowest BCUT2D eigenvalue weighted by Gasteiger charge is -2.17. The number of halogens is 1. The highest BCUT2D eigenvalue weighted by atomic mass is 35.5. The highest BCUT2D eigenvalue weighted by Crippen LogP contribution is 2.20. The first kappa shape index (κ1) is 18.9. The Kier molecular flexibility index (Phi) is 7.41. The molecule has 0 radical (unpaired) electrons. The third-order valence-corrected chi connectivity index (χ3v) is 3.72. The Balaban J connectivity index is 1.78. The van der Waals surface area contributed by atoms with E-state index < -0.39 is 6.10 Å². The largest absolute Gasteiger partial charge is 0.497 e. The van der Waals surface area contributed by atoms with Gasteiger partial charge in [-0.15, -0.1) is 0 Å². The van der Waals surface area contributed by atoms with Gasteiger partial charge in [-0.25, -0.2) is 0 Å². The maximum Gasteiger partial charge on any atom is 0.261 e. The van der Waals surface area contributed by atoms with Crippen LogP contribution in [0.15, 0.2) is 48.5 Å². The zero-order valence-electron chi connectivity index (χ0n) is 14.3. The van der Waals surface area contributed by atoms with Crippen molar-refractivity contribution in [2.75, 3.05) is 20.3 Å². The summed E-state index contributed by atoms with van der Waals surface area (Å²) >= 11 is 5.82. The van der Waals surface area contributed by atoms with Crippen molar-refractivity contribution in [3.05, 3.63) is 53.6 Å². The molecule has 0 heterocycles. The maximum absolute atomic E-state index is 12.2. The van der Waals surface area contributed by atoms with E-state index >= 15 is 0 Å². The number of rotatable bonds is 9. The van der Waals surface area contributed by atoms with E-state index in [1.807, 2.05) is 19.1 Å². The molecule has 0 aliphatic carbocycles. The van der Waals surface area contributed by atoms with E-state index in [0.717, 1.165) is 0 Å². The number of methoxy groups -OCH3 is 1. The van der Waals surface area contributed by atoms with Crippen LogP contribution in [0.1, 0.15) is 13.3 Å². The van der Waals surface area contributed by atoms with Gasteiger partial charge in [-0.05, 0) is 42.8 Å². The molecule has 2 aromatic carbocycles. The van der Waals surface area contributed by atoms with Gasteiger partial charge < -0.3 is 19.5 Å². The lowest BCUT2D eigenvalue weighted by molar-refractivity contribution is -0.128. The molecule has 134 valence electrons. The van der Waals surface area contributed by atoms with Crippen molar-refractivity contribution in [3.8, 4) is 17.2 Å². The normalized spacial score (nSPS) is 11.5. The summed E-state index contributed by atoms with van der Waals surface area (Å²) in [5.41, 5.74) is 0. The lowest BCUT2D eigenvalue weighted by atomic mass is 10.2. The van der Waals surface area contributed by atoms with Crippen molar-refractivity contribution in [2.24, 2.45) is 0 Å². The number of nitrogens with one attached hydrogen (secondary N) is 1. The van der Waals surface area contributed by atoms with Crippen LogP contribution >= 0.6 is 11.6 Å². The second kappa shape index (κ2) is 9.79. The summed E-state index contributed by atoms with van der Waals surface area (Å²) < 4.78 is 16.4. The first-order valence-corrected chi connectivity index (χ1v) is 8.47. The van der Waals surface area contributed by atoms with Gasteiger partial charge in [0.2, 0.25) is 0 Å². The van der Waals surface area contributed by atoms with Crippen molar-refractivity contribution in [1.82, 2.24) is 5.32 Å². The molecule has 0 aliphatic rings. The van der Waals surface area contributed by atoms with Crippen LogP contribution in [0, 0.1) is 0 Å². The number of carbonyl (C=O) groups is 1. The van der Waals surface area contributed by atoms with Crippen LogP contribution < -0.4 is 19.5 Å². The minimum absolute atomic E-state index is 0.176. The summed E-state index contributed by atoms with van der Waals surface area (Å²) in [6.07, 6.45) is -0.0104. The fourth-order valence-electron chi connectivity index (χ4n) is 2.15. The smallest absolute Gasteiger partial charge is 0.261 e. The fourth-order valence-corrected chi connectivity index (χ4v) is 2.27. The van der Waals surface area contributed by atoms with Crippen molar-refractivity contribution in [2.45, 2.75) is 19.4 Å². The summed E-state index contributed by atoms with van der Waals surface area (Å²) in [6, 6.07) is 14.3. The average Bonchev–Trinajstić information content (AvgIpc) is 2.64. The molecule has 0 spiro atoms. The Morgan fingerprint density at radius 3 is 2.52 bits per heavy atom. The van der Waals surface area contributed by atoms with Crippen LogP contribution in [0.25, 0.3) is 0 Å². The highest BCUT2D eigenvalue weighted by molar-refractivity contribution is 6.30. The second-order valence-corrected chi connectivity index (χ2v) is 5.72. The van der Waals surface area contributed by atoms with Gasteiger partial charge >= 0.3 is 0 Å². The van der Waals surface area contributed by atoms with E-state index in [-0.39, 0.29) is 5.91 Å². The van der Waals surface area contributed by atoms with Gasteiger partial charge in [-0.1, -0.05) is 24.6 Å². The number of amides is 1. The van der Waals surface area contributed by atoms with E-state index in [1.54, 1.807) is 43.5 Å². The van der Waals surface area contributed by atoms with Crippen LogP contribution in [0.4, 0.5) is 0 Å². The highest BCUT2D eigenvalue weighted by Gasteiger charge is 2.18. The molecule has 25 heavy (non-hydrogen) atoms. The molecule has 0 saturated heterocycles. The zero-order chi connectivity index (χ0) is 18.1. The van der Waals surface area contributed by atoms with Crippen LogP contribution in [0.2, 0.25) is 5.02 Å². The fraction of sp³-hybridized carbons (Fsp3) is 0.316. The topological polar surface area (TPSA) is 56.8 Å². The second-order valence-electron chi connectivity index (χ2n) is 5.29. The quantitative estimate of drug-likeness (QED) is 0.690. The number of carbonyl (C=O) groups excluding carboxylic acids is 1. The van der Waals surface area contributed by atoms with E-state index in [1.165, 1.54) is 0 Å². The summed E-state index contributed by atoms with van der Waals surface area (Å²) in [5, 5.41) is 3.47. The molecule has 0 bridgehead atoms. The molecule has 1 atom stereocenters. The molecule has 2 rings (SSSR count). The van der Waals surface area contributed by atoms with Crippen molar-refractivity contribution < 1.29 is 19.0 Å². The molecule has 0 aliphatic heterocycles. The molecule has 1 N–H and O–H groups in total.